The van der Waals surface area contributed by atoms with Crippen LogP contribution in [0.2, 0.25) is 0 Å². The van der Waals surface area contributed by atoms with E-state index < -0.39 is 6.10 Å². The average Bonchev–Trinajstić information content (AvgIpc) is 3.36. The van der Waals surface area contributed by atoms with Gasteiger partial charge in [-0.3, -0.25) is 9.59 Å². The van der Waals surface area contributed by atoms with Gasteiger partial charge < -0.3 is 14.2 Å². The molecule has 0 amide bonds. The summed E-state index contributed by atoms with van der Waals surface area (Å²) in [5, 5.41) is 0. The van der Waals surface area contributed by atoms with Gasteiger partial charge in [0.25, 0.3) is 0 Å². The molecule has 0 radical (unpaired) electrons. The van der Waals surface area contributed by atoms with E-state index in [4.69, 9.17) is 14.2 Å². The van der Waals surface area contributed by atoms with Crippen LogP contribution in [-0.2, 0) is 23.8 Å². The van der Waals surface area contributed by atoms with Gasteiger partial charge >= 0.3 is 11.9 Å². The molecule has 0 aromatic rings. The van der Waals surface area contributed by atoms with Gasteiger partial charge in [0, 0.05) is 13.0 Å². The van der Waals surface area contributed by atoms with Gasteiger partial charge in [0.1, 0.15) is 6.61 Å². The van der Waals surface area contributed by atoms with Crippen molar-refractivity contribution in [2.45, 2.75) is 245 Å². The van der Waals surface area contributed by atoms with E-state index >= 15 is 0 Å². The number of hydrogen-bond acceptors (Lipinski definition) is 5. The Balaban J connectivity index is 4.44. The third-order valence-electron chi connectivity index (χ3n) is 11.7. The molecule has 0 aliphatic carbocycles. The second kappa shape index (κ2) is 59.3. The van der Waals surface area contributed by atoms with Crippen molar-refractivity contribution in [1.29, 1.82) is 0 Å². The van der Waals surface area contributed by atoms with Crippen LogP contribution in [0.25, 0.3) is 0 Å². The Kier molecular flexibility index (Phi) is 56.0. The Labute approximate surface area is 432 Å². The van der Waals surface area contributed by atoms with Crippen LogP contribution in [0.1, 0.15) is 239 Å². The number of ether oxygens (including phenoxy) is 3. The van der Waals surface area contributed by atoms with Crippen molar-refractivity contribution in [3.05, 3.63) is 134 Å². The smallest absolute Gasteiger partial charge is 0.310 e. The standard InChI is InChI=1S/C65H106O5/c1-4-7-10-13-16-19-22-25-28-30-32-34-36-39-42-45-48-51-54-57-60-68-61-63(70-65(67)59-56-53-50-47-44-41-37-27-24-21-18-15-12-9-6-3)62-69-64(66)58-55-52-49-46-43-40-38-35-33-31-29-26-23-20-17-14-11-8-5-2/h9,12,16-21,25-29,32-35,37,44,47,53,56,63H,4-8,10-11,13-15,22-24,30-31,36,38-43,45-46,48-52,54-55,57-62H2,1-3H3/b12-9-,19-16-,20-17-,21-18-,28-25-,29-26-,34-32-,35-33-,37-27-,47-44-,56-53-. The Morgan fingerprint density at radius 3 is 1.10 bits per heavy atom. The van der Waals surface area contributed by atoms with Gasteiger partial charge in [0.15, 0.2) is 6.10 Å². The predicted molar refractivity (Wildman–Crippen MR) is 306 cm³/mol. The lowest BCUT2D eigenvalue weighted by Crippen LogP contribution is -2.29. The molecule has 0 aliphatic rings. The van der Waals surface area contributed by atoms with E-state index in [9.17, 15) is 9.59 Å². The lowest BCUT2D eigenvalue weighted by atomic mass is 10.1. The molecule has 0 bridgehead atoms. The summed E-state index contributed by atoms with van der Waals surface area (Å²) in [6.07, 6.45) is 84.9. The van der Waals surface area contributed by atoms with Crippen LogP contribution < -0.4 is 0 Å². The zero-order valence-corrected chi connectivity index (χ0v) is 45.5. The lowest BCUT2D eigenvalue weighted by Gasteiger charge is -2.18. The first kappa shape index (κ1) is 66.0. The molecule has 5 nitrogen and oxygen atoms in total. The van der Waals surface area contributed by atoms with Gasteiger partial charge in [-0.05, 0) is 122 Å². The second-order valence-corrected chi connectivity index (χ2v) is 18.5. The molecular formula is C65H106O5. The first-order chi connectivity index (χ1) is 34.6. The highest BCUT2D eigenvalue weighted by Crippen LogP contribution is 2.12. The average molecular weight is 968 g/mol. The summed E-state index contributed by atoms with van der Waals surface area (Å²) in [6.45, 7) is 7.51. The van der Waals surface area contributed by atoms with Gasteiger partial charge in [0.05, 0.1) is 13.0 Å². The summed E-state index contributed by atoms with van der Waals surface area (Å²) in [5.74, 6) is -0.570. The highest BCUT2D eigenvalue weighted by atomic mass is 16.6. The molecule has 1 atom stereocenters. The molecule has 70 heavy (non-hydrogen) atoms. The van der Waals surface area contributed by atoms with Crippen molar-refractivity contribution < 1.29 is 23.8 Å². The molecule has 0 saturated heterocycles. The van der Waals surface area contributed by atoms with E-state index in [1.165, 1.54) is 103 Å². The van der Waals surface area contributed by atoms with Crippen molar-refractivity contribution in [2.24, 2.45) is 0 Å². The number of carbonyl (C=O) groups is 2. The minimum atomic E-state index is -0.612. The topological polar surface area (TPSA) is 61.8 Å². The SMILES string of the molecule is CC/C=C\C/C=C\C/C=C\C/C=C\C/C=C\CC(=O)OC(COCCCCCCCCC/C=C\C/C=C\C/C=C\CCCCC)COC(=O)CCCCCCCC/C=C\C/C=C\C/C=C\CCCCC. The number of unbranched alkanes of at least 4 members (excludes halogenated alkanes) is 19. The maximum atomic E-state index is 12.8. The zero-order valence-electron chi connectivity index (χ0n) is 45.5. The maximum absolute atomic E-state index is 12.8. The minimum Gasteiger partial charge on any atom is -0.462 e. The third-order valence-corrected chi connectivity index (χ3v) is 11.7. The summed E-state index contributed by atoms with van der Waals surface area (Å²) in [5.41, 5.74) is 0. The maximum Gasteiger partial charge on any atom is 0.310 e. The number of allylic oxidation sites excluding steroid dienone is 21. The second-order valence-electron chi connectivity index (χ2n) is 18.5. The Morgan fingerprint density at radius 1 is 0.343 bits per heavy atom. The monoisotopic (exact) mass is 967 g/mol. The predicted octanol–water partition coefficient (Wildman–Crippen LogP) is 19.9. The van der Waals surface area contributed by atoms with Gasteiger partial charge in [-0.25, -0.2) is 0 Å². The van der Waals surface area contributed by atoms with Crippen LogP contribution in [-0.4, -0.2) is 37.9 Å². The molecule has 0 heterocycles. The normalized spacial score (nSPS) is 13.2. The molecule has 5 heteroatoms. The van der Waals surface area contributed by atoms with E-state index in [2.05, 4.69) is 142 Å². The number of rotatable bonds is 51. The van der Waals surface area contributed by atoms with Crippen LogP contribution in [0.3, 0.4) is 0 Å². The Bertz CT molecular complexity index is 1470. The van der Waals surface area contributed by atoms with Crippen LogP contribution in [0.5, 0.6) is 0 Å². The summed E-state index contributed by atoms with van der Waals surface area (Å²) in [6, 6.07) is 0. The van der Waals surface area contributed by atoms with Crippen LogP contribution in [0.4, 0.5) is 0 Å². The molecule has 396 valence electrons. The first-order valence-electron chi connectivity index (χ1n) is 28.7. The quantitative estimate of drug-likeness (QED) is 0.0345. The van der Waals surface area contributed by atoms with Crippen LogP contribution in [0.15, 0.2) is 134 Å². The molecule has 0 N–H and O–H groups in total. The number of esters is 2. The van der Waals surface area contributed by atoms with Crippen molar-refractivity contribution in [2.75, 3.05) is 19.8 Å². The molecule has 0 aromatic carbocycles. The Morgan fingerprint density at radius 2 is 0.686 bits per heavy atom. The van der Waals surface area contributed by atoms with Crippen molar-refractivity contribution in [3.63, 3.8) is 0 Å². The fourth-order valence-electron chi connectivity index (χ4n) is 7.42. The molecular weight excluding hydrogens is 861 g/mol. The molecule has 0 rings (SSSR count). The van der Waals surface area contributed by atoms with Crippen molar-refractivity contribution in [1.82, 2.24) is 0 Å². The first-order valence-corrected chi connectivity index (χ1v) is 28.7. The zero-order chi connectivity index (χ0) is 50.6. The van der Waals surface area contributed by atoms with Gasteiger partial charge in [-0.1, -0.05) is 238 Å². The van der Waals surface area contributed by atoms with Gasteiger partial charge in [-0.2, -0.15) is 0 Å². The van der Waals surface area contributed by atoms with Crippen LogP contribution in [0, 0.1) is 0 Å². The molecule has 0 spiro atoms. The molecule has 0 fully saturated rings. The minimum absolute atomic E-state index is 0.0263. The van der Waals surface area contributed by atoms with Crippen molar-refractivity contribution in [3.8, 4) is 0 Å². The fourth-order valence-corrected chi connectivity index (χ4v) is 7.42. The fraction of sp³-hybridized carbons (Fsp3) is 0.631. The number of hydrogen-bond donors (Lipinski definition) is 0. The third kappa shape index (κ3) is 56.6. The summed E-state index contributed by atoms with van der Waals surface area (Å²) < 4.78 is 17.3. The Hall–Kier alpha value is -3.96. The lowest BCUT2D eigenvalue weighted by molar-refractivity contribution is -0.162. The largest absolute Gasteiger partial charge is 0.462 e. The van der Waals surface area contributed by atoms with Gasteiger partial charge in [0.2, 0.25) is 0 Å². The van der Waals surface area contributed by atoms with E-state index in [0.717, 1.165) is 103 Å². The van der Waals surface area contributed by atoms with Gasteiger partial charge in [-0.15, -0.1) is 0 Å². The van der Waals surface area contributed by atoms with E-state index in [0.29, 0.717) is 13.0 Å². The summed E-state index contributed by atoms with van der Waals surface area (Å²) in [4.78, 5) is 25.5. The molecule has 0 aromatic heterocycles. The highest BCUT2D eigenvalue weighted by molar-refractivity contribution is 5.71. The summed E-state index contributed by atoms with van der Waals surface area (Å²) >= 11 is 0. The van der Waals surface area contributed by atoms with E-state index in [1.807, 2.05) is 12.2 Å². The molecule has 0 saturated carbocycles. The van der Waals surface area contributed by atoms with E-state index in [1.54, 1.807) is 0 Å². The molecule has 0 aliphatic heterocycles. The number of carbonyl (C=O) groups excluding carboxylic acids is 2. The van der Waals surface area contributed by atoms with E-state index in [-0.39, 0.29) is 31.6 Å². The molecule has 1 unspecified atom stereocenters. The van der Waals surface area contributed by atoms with Crippen LogP contribution >= 0.6 is 0 Å². The van der Waals surface area contributed by atoms with Crippen molar-refractivity contribution >= 4 is 11.9 Å². The summed E-state index contributed by atoms with van der Waals surface area (Å²) in [7, 11) is 0. The highest BCUT2D eigenvalue weighted by Gasteiger charge is 2.17.